The molecule has 0 fully saturated rings. The van der Waals surface area contributed by atoms with Crippen molar-refractivity contribution < 1.29 is 4.79 Å². The molecule has 2 aromatic heterocycles. The van der Waals surface area contributed by atoms with Gasteiger partial charge in [0.25, 0.3) is 0 Å². The Balaban J connectivity index is 1.74. The molecule has 0 aliphatic heterocycles. The van der Waals surface area contributed by atoms with E-state index >= 15 is 0 Å². The molecule has 0 saturated heterocycles. The Morgan fingerprint density at radius 2 is 2.10 bits per heavy atom. The van der Waals surface area contributed by atoms with Gasteiger partial charge in [-0.25, -0.2) is 4.52 Å². The molecule has 0 saturated carbocycles. The smallest absolute Gasteiger partial charge is 0.228 e. The first kappa shape index (κ1) is 12.7. The van der Waals surface area contributed by atoms with Crippen LogP contribution in [0.1, 0.15) is 5.56 Å². The van der Waals surface area contributed by atoms with Gasteiger partial charge in [0.1, 0.15) is 0 Å². The number of hydrogen-bond acceptors (Lipinski definition) is 2. The number of hydrogen-bond donors (Lipinski definition) is 1. The van der Waals surface area contributed by atoms with Gasteiger partial charge in [-0.1, -0.05) is 29.8 Å². The van der Waals surface area contributed by atoms with Crippen molar-refractivity contribution in [1.29, 1.82) is 0 Å². The standard InChI is InChI=1S/C15H12ClN3O/c16-14-4-2-1-3-11(14)9-15(20)18-12-6-8-19-13(10-12)5-7-17-19/h1-8,10H,9H2,(H,18,20). The number of amides is 1. The summed E-state index contributed by atoms with van der Waals surface area (Å²) in [6.07, 6.45) is 3.77. The van der Waals surface area contributed by atoms with E-state index in [1.54, 1.807) is 23.0 Å². The van der Waals surface area contributed by atoms with E-state index in [0.717, 1.165) is 16.8 Å². The lowest BCUT2D eigenvalue weighted by Gasteiger charge is -2.07. The van der Waals surface area contributed by atoms with Crippen molar-refractivity contribution in [3.05, 3.63) is 65.4 Å². The van der Waals surface area contributed by atoms with Crippen LogP contribution in [-0.2, 0) is 11.2 Å². The van der Waals surface area contributed by atoms with Crippen molar-refractivity contribution in [1.82, 2.24) is 9.61 Å². The molecule has 0 spiro atoms. The molecule has 1 amide bonds. The second-order valence-corrected chi connectivity index (χ2v) is 4.84. The zero-order chi connectivity index (χ0) is 13.9. The Labute approximate surface area is 121 Å². The van der Waals surface area contributed by atoms with Crippen molar-refractivity contribution in [2.75, 3.05) is 5.32 Å². The minimum Gasteiger partial charge on any atom is -0.326 e. The fourth-order valence-electron chi connectivity index (χ4n) is 2.02. The average Bonchev–Trinajstić information content (AvgIpc) is 2.89. The van der Waals surface area contributed by atoms with Crippen LogP contribution in [-0.4, -0.2) is 15.5 Å². The van der Waals surface area contributed by atoms with Crippen LogP contribution in [0.2, 0.25) is 5.02 Å². The molecule has 0 aliphatic carbocycles. The van der Waals surface area contributed by atoms with Gasteiger partial charge in [0.15, 0.2) is 0 Å². The van der Waals surface area contributed by atoms with Crippen LogP contribution in [0.3, 0.4) is 0 Å². The zero-order valence-corrected chi connectivity index (χ0v) is 11.3. The van der Waals surface area contributed by atoms with Crippen LogP contribution in [0, 0.1) is 0 Å². The number of nitrogens with one attached hydrogen (secondary N) is 1. The largest absolute Gasteiger partial charge is 0.326 e. The highest BCUT2D eigenvalue weighted by Crippen LogP contribution is 2.17. The summed E-state index contributed by atoms with van der Waals surface area (Å²) in [7, 11) is 0. The van der Waals surface area contributed by atoms with Crippen molar-refractivity contribution in [3.8, 4) is 0 Å². The summed E-state index contributed by atoms with van der Waals surface area (Å²) in [6.45, 7) is 0. The zero-order valence-electron chi connectivity index (χ0n) is 10.6. The second kappa shape index (κ2) is 5.35. The molecule has 4 nitrogen and oxygen atoms in total. The number of carbonyl (C=O) groups excluding carboxylic acids is 1. The molecule has 0 radical (unpaired) electrons. The number of pyridine rings is 1. The summed E-state index contributed by atoms with van der Waals surface area (Å²) in [5, 5.41) is 7.57. The van der Waals surface area contributed by atoms with Crippen LogP contribution in [0.4, 0.5) is 5.69 Å². The van der Waals surface area contributed by atoms with Gasteiger partial charge in [-0.3, -0.25) is 4.79 Å². The summed E-state index contributed by atoms with van der Waals surface area (Å²) in [4.78, 5) is 12.0. The SMILES string of the molecule is O=C(Cc1ccccc1Cl)Nc1ccn2nccc2c1. The maximum Gasteiger partial charge on any atom is 0.228 e. The molecule has 0 bridgehead atoms. The summed E-state index contributed by atoms with van der Waals surface area (Å²) >= 11 is 6.04. The highest BCUT2D eigenvalue weighted by Gasteiger charge is 2.07. The van der Waals surface area contributed by atoms with E-state index in [1.165, 1.54) is 0 Å². The molecule has 2 heterocycles. The molecular weight excluding hydrogens is 274 g/mol. The lowest BCUT2D eigenvalue weighted by Crippen LogP contribution is -2.14. The van der Waals surface area contributed by atoms with E-state index in [4.69, 9.17) is 11.6 Å². The maximum absolute atomic E-state index is 12.0. The number of carbonyl (C=O) groups is 1. The molecule has 0 atom stereocenters. The normalized spacial score (nSPS) is 10.7. The molecular formula is C15H12ClN3O. The highest BCUT2D eigenvalue weighted by molar-refractivity contribution is 6.31. The van der Waals surface area contributed by atoms with Gasteiger partial charge in [-0.05, 0) is 29.8 Å². The Morgan fingerprint density at radius 1 is 1.25 bits per heavy atom. The van der Waals surface area contributed by atoms with E-state index in [0.29, 0.717) is 5.02 Å². The topological polar surface area (TPSA) is 46.4 Å². The number of fused-ring (bicyclic) bond motifs is 1. The highest BCUT2D eigenvalue weighted by atomic mass is 35.5. The van der Waals surface area contributed by atoms with Gasteiger partial charge in [-0.2, -0.15) is 5.10 Å². The predicted molar refractivity (Wildman–Crippen MR) is 79.0 cm³/mol. The minimum absolute atomic E-state index is 0.0954. The molecule has 0 aliphatic rings. The van der Waals surface area contributed by atoms with Crippen LogP contribution >= 0.6 is 11.6 Å². The molecule has 100 valence electrons. The summed E-state index contributed by atoms with van der Waals surface area (Å²) in [5.74, 6) is -0.0954. The number of halogens is 1. The minimum atomic E-state index is -0.0954. The van der Waals surface area contributed by atoms with E-state index in [1.807, 2.05) is 36.4 Å². The molecule has 5 heteroatoms. The molecule has 3 aromatic rings. The Morgan fingerprint density at radius 3 is 2.95 bits per heavy atom. The van der Waals surface area contributed by atoms with Gasteiger partial charge >= 0.3 is 0 Å². The van der Waals surface area contributed by atoms with Crippen LogP contribution in [0.15, 0.2) is 54.9 Å². The fraction of sp³-hybridized carbons (Fsp3) is 0.0667. The molecule has 0 unspecified atom stereocenters. The quantitative estimate of drug-likeness (QED) is 0.803. The van der Waals surface area contributed by atoms with Crippen molar-refractivity contribution >= 4 is 28.7 Å². The van der Waals surface area contributed by atoms with E-state index < -0.39 is 0 Å². The lowest BCUT2D eigenvalue weighted by molar-refractivity contribution is -0.115. The van der Waals surface area contributed by atoms with E-state index in [9.17, 15) is 4.79 Å². The van der Waals surface area contributed by atoms with Gasteiger partial charge in [0.2, 0.25) is 5.91 Å². The third kappa shape index (κ3) is 2.65. The molecule has 1 aromatic carbocycles. The van der Waals surface area contributed by atoms with Gasteiger partial charge in [-0.15, -0.1) is 0 Å². The Kier molecular flexibility index (Phi) is 3.39. The van der Waals surface area contributed by atoms with E-state index in [-0.39, 0.29) is 12.3 Å². The third-order valence-corrected chi connectivity index (χ3v) is 3.36. The Bertz CT molecular complexity index is 766. The molecule has 20 heavy (non-hydrogen) atoms. The van der Waals surface area contributed by atoms with Crippen molar-refractivity contribution in [3.63, 3.8) is 0 Å². The average molecular weight is 286 g/mol. The first-order valence-electron chi connectivity index (χ1n) is 6.19. The first-order chi connectivity index (χ1) is 9.72. The maximum atomic E-state index is 12.0. The number of aromatic nitrogens is 2. The number of anilines is 1. The van der Waals surface area contributed by atoms with Gasteiger partial charge in [0.05, 0.1) is 11.9 Å². The fourth-order valence-corrected chi connectivity index (χ4v) is 2.22. The molecule has 1 N–H and O–H groups in total. The van der Waals surface area contributed by atoms with Gasteiger partial charge < -0.3 is 5.32 Å². The van der Waals surface area contributed by atoms with Crippen molar-refractivity contribution in [2.45, 2.75) is 6.42 Å². The van der Waals surface area contributed by atoms with Crippen LogP contribution in [0.25, 0.3) is 5.52 Å². The number of nitrogens with zero attached hydrogens (tertiary/aromatic N) is 2. The first-order valence-corrected chi connectivity index (χ1v) is 6.57. The van der Waals surface area contributed by atoms with Crippen LogP contribution < -0.4 is 5.32 Å². The third-order valence-electron chi connectivity index (χ3n) is 2.99. The lowest BCUT2D eigenvalue weighted by atomic mass is 10.1. The molecule has 3 rings (SSSR count). The van der Waals surface area contributed by atoms with E-state index in [2.05, 4.69) is 10.4 Å². The summed E-state index contributed by atoms with van der Waals surface area (Å²) in [5.41, 5.74) is 2.49. The van der Waals surface area contributed by atoms with Crippen LogP contribution in [0.5, 0.6) is 0 Å². The predicted octanol–water partition coefficient (Wildman–Crippen LogP) is 3.17. The number of rotatable bonds is 3. The van der Waals surface area contributed by atoms with Gasteiger partial charge in [0, 0.05) is 23.1 Å². The summed E-state index contributed by atoms with van der Waals surface area (Å²) in [6, 6.07) is 12.9. The van der Waals surface area contributed by atoms with Crippen molar-refractivity contribution in [2.24, 2.45) is 0 Å². The number of benzene rings is 1. The Hall–Kier alpha value is -2.33. The second-order valence-electron chi connectivity index (χ2n) is 4.43. The summed E-state index contributed by atoms with van der Waals surface area (Å²) < 4.78 is 1.74. The monoisotopic (exact) mass is 285 g/mol.